The average Bonchev–Trinajstić information content (AvgIpc) is 2.47. The van der Waals surface area contributed by atoms with E-state index in [0.717, 1.165) is 0 Å². The van der Waals surface area contributed by atoms with E-state index in [-0.39, 0.29) is 12.6 Å². The normalized spacial score (nSPS) is 24.2. The number of carbonyl (C=O) groups excluding carboxylic acids is 1. The van der Waals surface area contributed by atoms with Crippen molar-refractivity contribution in [3.8, 4) is 0 Å². The molecule has 1 heterocycles. The molecule has 1 fully saturated rings. The van der Waals surface area contributed by atoms with Gasteiger partial charge in [-0.1, -0.05) is 30.3 Å². The lowest BCUT2D eigenvalue weighted by Crippen LogP contribution is -2.49. The van der Waals surface area contributed by atoms with Crippen molar-refractivity contribution in [3.63, 3.8) is 0 Å². The second-order valence-electron chi connectivity index (χ2n) is 5.27. The zero-order valence-corrected chi connectivity index (χ0v) is 11.4. The van der Waals surface area contributed by atoms with E-state index in [0.29, 0.717) is 18.4 Å². The van der Waals surface area contributed by atoms with Gasteiger partial charge in [-0.05, 0) is 25.3 Å². The molecule has 0 saturated carbocycles. The van der Waals surface area contributed by atoms with E-state index in [9.17, 15) is 14.7 Å². The van der Waals surface area contributed by atoms with E-state index in [1.807, 2.05) is 13.0 Å². The maximum absolute atomic E-state index is 12.4. The highest BCUT2D eigenvalue weighted by Crippen LogP contribution is 2.25. The number of piperidine rings is 1. The van der Waals surface area contributed by atoms with Crippen molar-refractivity contribution in [2.24, 2.45) is 5.92 Å². The Morgan fingerprint density at radius 2 is 1.90 bits per heavy atom. The van der Waals surface area contributed by atoms with Crippen LogP contribution in [0.25, 0.3) is 0 Å². The van der Waals surface area contributed by atoms with Crippen LogP contribution in [-0.2, 0) is 9.59 Å². The minimum absolute atomic E-state index is 0.0449. The molecular formula is C15H19NO4. The number of carbonyl (C=O) groups is 2. The maximum atomic E-state index is 12.4. The van der Waals surface area contributed by atoms with Gasteiger partial charge in [0.1, 0.15) is 0 Å². The van der Waals surface area contributed by atoms with E-state index >= 15 is 0 Å². The van der Waals surface area contributed by atoms with Crippen LogP contribution in [0.3, 0.4) is 0 Å². The minimum Gasteiger partial charge on any atom is -0.481 e. The topological polar surface area (TPSA) is 77.8 Å². The number of aliphatic hydroxyl groups excluding tert-OH is 1. The highest BCUT2D eigenvalue weighted by Gasteiger charge is 2.35. The molecule has 20 heavy (non-hydrogen) atoms. The molecule has 3 unspecified atom stereocenters. The van der Waals surface area contributed by atoms with Gasteiger partial charge in [-0.25, -0.2) is 0 Å². The smallest absolute Gasteiger partial charge is 0.308 e. The first-order valence-electron chi connectivity index (χ1n) is 6.77. The number of carboxylic acid groups (broad SMARTS) is 1. The number of carboxylic acids is 1. The molecule has 1 aromatic carbocycles. The quantitative estimate of drug-likeness (QED) is 0.876. The summed E-state index contributed by atoms with van der Waals surface area (Å²) in [6.45, 7) is 2.05. The highest BCUT2D eigenvalue weighted by molar-refractivity contribution is 5.83. The van der Waals surface area contributed by atoms with Crippen LogP contribution in [0.1, 0.15) is 31.4 Å². The molecule has 2 N–H and O–H groups in total. The molecule has 0 radical (unpaired) electrons. The van der Waals surface area contributed by atoms with Crippen molar-refractivity contribution in [1.82, 2.24) is 4.90 Å². The standard InChI is InChI=1S/C15H19NO4/c1-10-7-8-12(15(19)20)9-16(10)14(18)13(17)11-5-3-2-4-6-11/h2-6,10,12-13,17H,7-9H2,1H3,(H,19,20). The Morgan fingerprint density at radius 3 is 2.50 bits per heavy atom. The minimum atomic E-state index is -1.23. The Kier molecular flexibility index (Phi) is 4.39. The summed E-state index contributed by atoms with van der Waals surface area (Å²) in [5.41, 5.74) is 0.530. The van der Waals surface area contributed by atoms with Gasteiger partial charge in [0.25, 0.3) is 5.91 Å². The highest BCUT2D eigenvalue weighted by atomic mass is 16.4. The lowest BCUT2D eigenvalue weighted by atomic mass is 9.92. The van der Waals surface area contributed by atoms with Gasteiger partial charge in [-0.15, -0.1) is 0 Å². The molecule has 1 aliphatic heterocycles. The first kappa shape index (κ1) is 14.5. The summed E-state index contributed by atoms with van der Waals surface area (Å²) in [7, 11) is 0. The van der Waals surface area contributed by atoms with Crippen molar-refractivity contribution in [3.05, 3.63) is 35.9 Å². The molecule has 5 heteroatoms. The van der Waals surface area contributed by atoms with Crippen LogP contribution in [0, 0.1) is 5.92 Å². The van der Waals surface area contributed by atoms with Crippen LogP contribution in [-0.4, -0.2) is 39.6 Å². The lowest BCUT2D eigenvalue weighted by Gasteiger charge is -2.37. The Bertz CT molecular complexity index is 488. The summed E-state index contributed by atoms with van der Waals surface area (Å²) in [5.74, 6) is -1.85. The number of likely N-dealkylation sites (tertiary alicyclic amines) is 1. The van der Waals surface area contributed by atoms with Crippen molar-refractivity contribution in [2.75, 3.05) is 6.54 Å². The molecule has 5 nitrogen and oxygen atoms in total. The number of hydrogen-bond donors (Lipinski definition) is 2. The van der Waals surface area contributed by atoms with Crippen LogP contribution in [0.15, 0.2) is 30.3 Å². The number of nitrogens with zero attached hydrogens (tertiary/aromatic N) is 1. The van der Waals surface area contributed by atoms with Gasteiger partial charge in [0.05, 0.1) is 5.92 Å². The molecular weight excluding hydrogens is 258 g/mol. The molecule has 0 spiro atoms. The fourth-order valence-electron chi connectivity index (χ4n) is 2.55. The third-order valence-corrected chi connectivity index (χ3v) is 3.86. The average molecular weight is 277 g/mol. The first-order chi connectivity index (χ1) is 9.50. The van der Waals surface area contributed by atoms with Crippen molar-refractivity contribution in [2.45, 2.75) is 31.9 Å². The molecule has 0 aliphatic carbocycles. The number of amides is 1. The Labute approximate surface area is 117 Å². The van der Waals surface area contributed by atoms with Gasteiger partial charge < -0.3 is 15.1 Å². The lowest BCUT2D eigenvalue weighted by molar-refractivity contribution is -0.151. The fourth-order valence-corrected chi connectivity index (χ4v) is 2.55. The Balaban J connectivity index is 2.12. The Morgan fingerprint density at radius 1 is 1.25 bits per heavy atom. The number of hydrogen-bond acceptors (Lipinski definition) is 3. The number of benzene rings is 1. The SMILES string of the molecule is CC1CCC(C(=O)O)CN1C(=O)C(O)c1ccccc1. The molecule has 0 aromatic heterocycles. The maximum Gasteiger partial charge on any atom is 0.308 e. The summed E-state index contributed by atoms with van der Waals surface area (Å²) in [5, 5.41) is 19.2. The predicted molar refractivity (Wildman–Crippen MR) is 72.9 cm³/mol. The predicted octanol–water partition coefficient (Wildman–Crippen LogP) is 1.43. The van der Waals surface area contributed by atoms with E-state index in [1.54, 1.807) is 24.3 Å². The zero-order valence-electron chi connectivity index (χ0n) is 11.4. The first-order valence-corrected chi connectivity index (χ1v) is 6.77. The molecule has 108 valence electrons. The van der Waals surface area contributed by atoms with Crippen molar-refractivity contribution >= 4 is 11.9 Å². The Hall–Kier alpha value is -1.88. The summed E-state index contributed by atoms with van der Waals surface area (Å²) < 4.78 is 0. The van der Waals surface area contributed by atoms with Crippen LogP contribution in [0.4, 0.5) is 0 Å². The van der Waals surface area contributed by atoms with Crippen LogP contribution < -0.4 is 0 Å². The third kappa shape index (κ3) is 2.99. The second kappa shape index (κ2) is 6.05. The number of aliphatic hydroxyl groups is 1. The monoisotopic (exact) mass is 277 g/mol. The van der Waals surface area contributed by atoms with E-state index < -0.39 is 23.9 Å². The number of rotatable bonds is 3. The molecule has 3 atom stereocenters. The largest absolute Gasteiger partial charge is 0.481 e. The van der Waals surface area contributed by atoms with Crippen LogP contribution >= 0.6 is 0 Å². The molecule has 2 rings (SSSR count). The van der Waals surface area contributed by atoms with E-state index in [1.165, 1.54) is 4.90 Å². The summed E-state index contributed by atoms with van der Waals surface area (Å²) in [6.07, 6.45) is -0.0162. The second-order valence-corrected chi connectivity index (χ2v) is 5.27. The summed E-state index contributed by atoms with van der Waals surface area (Å²) >= 11 is 0. The summed E-state index contributed by atoms with van der Waals surface area (Å²) in [6, 6.07) is 8.65. The van der Waals surface area contributed by atoms with E-state index in [2.05, 4.69) is 0 Å². The third-order valence-electron chi connectivity index (χ3n) is 3.86. The molecule has 1 aromatic rings. The van der Waals surface area contributed by atoms with Crippen molar-refractivity contribution < 1.29 is 19.8 Å². The van der Waals surface area contributed by atoms with Crippen LogP contribution in [0.5, 0.6) is 0 Å². The van der Waals surface area contributed by atoms with Gasteiger partial charge in [-0.3, -0.25) is 9.59 Å². The van der Waals surface area contributed by atoms with Gasteiger partial charge in [0, 0.05) is 12.6 Å². The van der Waals surface area contributed by atoms with Crippen LogP contribution in [0.2, 0.25) is 0 Å². The molecule has 0 bridgehead atoms. The summed E-state index contributed by atoms with van der Waals surface area (Å²) in [4.78, 5) is 24.9. The molecule has 1 aliphatic rings. The van der Waals surface area contributed by atoms with E-state index in [4.69, 9.17) is 5.11 Å². The number of aliphatic carboxylic acids is 1. The molecule has 1 amide bonds. The van der Waals surface area contributed by atoms with Gasteiger partial charge >= 0.3 is 5.97 Å². The fraction of sp³-hybridized carbons (Fsp3) is 0.467. The van der Waals surface area contributed by atoms with Gasteiger partial charge in [-0.2, -0.15) is 0 Å². The zero-order chi connectivity index (χ0) is 14.7. The molecule has 1 saturated heterocycles. The van der Waals surface area contributed by atoms with Crippen molar-refractivity contribution in [1.29, 1.82) is 0 Å². The van der Waals surface area contributed by atoms with Gasteiger partial charge in [0.2, 0.25) is 0 Å². The van der Waals surface area contributed by atoms with Gasteiger partial charge in [0.15, 0.2) is 6.10 Å².